The van der Waals surface area contributed by atoms with Crippen molar-refractivity contribution in [2.45, 2.75) is 23.7 Å². The van der Waals surface area contributed by atoms with E-state index in [9.17, 15) is 9.90 Å². The summed E-state index contributed by atoms with van der Waals surface area (Å²) < 4.78 is 0. The fourth-order valence-electron chi connectivity index (χ4n) is 5.15. The van der Waals surface area contributed by atoms with Gasteiger partial charge in [-0.3, -0.25) is 4.79 Å². The first-order valence-corrected chi connectivity index (χ1v) is 7.16. The van der Waals surface area contributed by atoms with E-state index < -0.39 is 5.97 Å². The summed E-state index contributed by atoms with van der Waals surface area (Å²) in [6.07, 6.45) is 0.295. The average molecular weight is 262 g/mol. The Morgan fingerprint density at radius 3 is 2.40 bits per heavy atom. The van der Waals surface area contributed by atoms with E-state index in [0.29, 0.717) is 18.3 Å². The summed E-state index contributed by atoms with van der Waals surface area (Å²) in [6, 6.07) is 17.2. The molecular weight excluding hydrogens is 248 g/mol. The predicted molar refractivity (Wildman–Crippen MR) is 74.9 cm³/mol. The lowest BCUT2D eigenvalue weighted by Gasteiger charge is -2.40. The second kappa shape index (κ2) is 3.14. The highest BCUT2D eigenvalue weighted by Crippen LogP contribution is 2.84. The molecule has 2 heteroatoms. The van der Waals surface area contributed by atoms with Gasteiger partial charge < -0.3 is 5.11 Å². The van der Waals surface area contributed by atoms with Crippen LogP contribution in [-0.4, -0.2) is 11.1 Å². The summed E-state index contributed by atoms with van der Waals surface area (Å²) in [5.74, 6) is 0.480. The standard InChI is InChI=1S/C18H14O2/c19-15(20)9-14-17-11-6-2-1-5-10(11)16-12-7-3-4-8-13(12)18(14,16)17/h1-8,14,16-17H,9H2,(H,19,20). The fourth-order valence-corrected chi connectivity index (χ4v) is 5.15. The monoisotopic (exact) mass is 262 g/mol. The maximum atomic E-state index is 11.2. The molecule has 1 fully saturated rings. The average Bonchev–Trinajstić information content (AvgIpc) is 3.01. The first-order chi connectivity index (χ1) is 9.76. The van der Waals surface area contributed by atoms with E-state index >= 15 is 0 Å². The van der Waals surface area contributed by atoms with Crippen LogP contribution in [0.15, 0.2) is 48.5 Å². The highest BCUT2D eigenvalue weighted by Gasteiger charge is 2.78. The van der Waals surface area contributed by atoms with E-state index in [-0.39, 0.29) is 11.3 Å². The van der Waals surface area contributed by atoms with E-state index in [1.54, 1.807) is 0 Å². The number of hydrogen-bond donors (Lipinski definition) is 1. The van der Waals surface area contributed by atoms with Crippen LogP contribution in [0.2, 0.25) is 0 Å². The number of carbonyl (C=O) groups is 1. The van der Waals surface area contributed by atoms with Crippen molar-refractivity contribution in [2.75, 3.05) is 0 Å². The van der Waals surface area contributed by atoms with E-state index in [1.165, 1.54) is 22.3 Å². The summed E-state index contributed by atoms with van der Waals surface area (Å²) in [4.78, 5) is 11.2. The van der Waals surface area contributed by atoms with E-state index in [2.05, 4.69) is 48.5 Å². The Balaban J connectivity index is 1.73. The summed E-state index contributed by atoms with van der Waals surface area (Å²) >= 11 is 0. The summed E-state index contributed by atoms with van der Waals surface area (Å²) in [6.45, 7) is 0. The molecule has 0 saturated heterocycles. The number of aliphatic carboxylic acids is 1. The zero-order valence-electron chi connectivity index (χ0n) is 10.9. The van der Waals surface area contributed by atoms with Gasteiger partial charge in [0.15, 0.2) is 0 Å². The molecule has 0 aromatic heterocycles. The van der Waals surface area contributed by atoms with Gasteiger partial charge in [-0.05, 0) is 34.1 Å². The highest BCUT2D eigenvalue weighted by atomic mass is 16.4. The van der Waals surface area contributed by atoms with Crippen molar-refractivity contribution in [1.29, 1.82) is 0 Å². The minimum absolute atomic E-state index is 0.110. The number of benzene rings is 2. The van der Waals surface area contributed by atoms with Crippen LogP contribution in [0.3, 0.4) is 0 Å². The third-order valence-corrected chi connectivity index (χ3v) is 5.67. The van der Waals surface area contributed by atoms with Crippen molar-refractivity contribution in [3.8, 4) is 0 Å². The molecule has 1 spiro atoms. The Bertz CT molecular complexity index is 758. The van der Waals surface area contributed by atoms with Gasteiger partial charge in [0.05, 0.1) is 0 Å². The van der Waals surface area contributed by atoms with Gasteiger partial charge >= 0.3 is 5.97 Å². The van der Waals surface area contributed by atoms with Crippen molar-refractivity contribution in [3.63, 3.8) is 0 Å². The van der Waals surface area contributed by atoms with Gasteiger partial charge in [0, 0.05) is 17.8 Å². The Labute approximate surface area is 117 Å². The molecule has 0 bridgehead atoms. The van der Waals surface area contributed by atoms with Gasteiger partial charge in [-0.15, -0.1) is 0 Å². The lowest BCUT2D eigenvalue weighted by Crippen LogP contribution is -2.33. The molecule has 1 saturated carbocycles. The molecule has 4 unspecified atom stereocenters. The summed E-state index contributed by atoms with van der Waals surface area (Å²) in [7, 11) is 0. The van der Waals surface area contributed by atoms with Gasteiger partial charge in [-0.2, -0.15) is 0 Å². The number of rotatable bonds is 2. The van der Waals surface area contributed by atoms with Gasteiger partial charge in [0.1, 0.15) is 0 Å². The molecule has 0 amide bonds. The summed E-state index contributed by atoms with van der Waals surface area (Å²) in [5, 5.41) is 9.20. The molecule has 3 aliphatic rings. The van der Waals surface area contributed by atoms with E-state index in [1.807, 2.05) is 0 Å². The van der Waals surface area contributed by atoms with Crippen LogP contribution >= 0.6 is 0 Å². The first kappa shape index (κ1) is 10.7. The molecule has 0 aliphatic heterocycles. The minimum atomic E-state index is -0.667. The molecule has 20 heavy (non-hydrogen) atoms. The van der Waals surface area contributed by atoms with Crippen LogP contribution in [0, 0.1) is 5.92 Å². The molecule has 0 heterocycles. The van der Waals surface area contributed by atoms with Crippen LogP contribution in [0.4, 0.5) is 0 Å². The quantitative estimate of drug-likeness (QED) is 0.901. The topological polar surface area (TPSA) is 37.3 Å². The Kier molecular flexibility index (Phi) is 1.68. The first-order valence-electron chi connectivity index (χ1n) is 7.16. The van der Waals surface area contributed by atoms with Crippen LogP contribution in [-0.2, 0) is 10.2 Å². The molecule has 2 aromatic carbocycles. The van der Waals surface area contributed by atoms with Gasteiger partial charge in [-0.1, -0.05) is 48.5 Å². The van der Waals surface area contributed by atoms with E-state index in [4.69, 9.17) is 0 Å². The molecule has 5 rings (SSSR count). The molecular formula is C18H14O2. The number of carboxylic acids is 1. The fraction of sp³-hybridized carbons (Fsp3) is 0.278. The smallest absolute Gasteiger partial charge is 0.303 e. The molecule has 98 valence electrons. The maximum Gasteiger partial charge on any atom is 0.303 e. The zero-order chi connectivity index (χ0) is 13.5. The zero-order valence-corrected chi connectivity index (χ0v) is 10.9. The lowest BCUT2D eigenvalue weighted by molar-refractivity contribution is -0.137. The van der Waals surface area contributed by atoms with Crippen LogP contribution in [0.25, 0.3) is 0 Å². The van der Waals surface area contributed by atoms with Gasteiger partial charge in [-0.25, -0.2) is 0 Å². The van der Waals surface area contributed by atoms with Crippen molar-refractivity contribution in [3.05, 3.63) is 70.8 Å². The second-order valence-electron chi connectivity index (χ2n) is 6.26. The second-order valence-corrected chi connectivity index (χ2v) is 6.26. The molecule has 3 aliphatic carbocycles. The molecule has 0 radical (unpaired) electrons. The van der Waals surface area contributed by atoms with Crippen LogP contribution in [0.1, 0.15) is 40.5 Å². The third kappa shape index (κ3) is 0.923. The third-order valence-electron chi connectivity index (χ3n) is 5.67. The minimum Gasteiger partial charge on any atom is -0.481 e. The van der Waals surface area contributed by atoms with E-state index in [0.717, 1.165) is 0 Å². The van der Waals surface area contributed by atoms with Crippen LogP contribution < -0.4 is 0 Å². The molecule has 1 N–H and O–H groups in total. The van der Waals surface area contributed by atoms with Crippen molar-refractivity contribution in [2.24, 2.45) is 5.92 Å². The SMILES string of the molecule is O=C(O)CC1C2c3ccccc3C3c4ccccc4C312. The Morgan fingerprint density at radius 2 is 1.65 bits per heavy atom. The number of fused-ring (bicyclic) bond motifs is 5. The molecule has 2 aromatic rings. The largest absolute Gasteiger partial charge is 0.481 e. The van der Waals surface area contributed by atoms with Crippen molar-refractivity contribution >= 4 is 5.97 Å². The number of carboxylic acid groups (broad SMARTS) is 1. The Hall–Kier alpha value is -2.09. The predicted octanol–water partition coefficient (Wildman–Crippen LogP) is 3.27. The van der Waals surface area contributed by atoms with Gasteiger partial charge in [0.25, 0.3) is 0 Å². The maximum absolute atomic E-state index is 11.2. The normalized spacial score (nSPS) is 34.3. The van der Waals surface area contributed by atoms with Crippen molar-refractivity contribution < 1.29 is 9.90 Å². The highest BCUT2D eigenvalue weighted by molar-refractivity contribution is 5.76. The number of hydrogen-bond acceptors (Lipinski definition) is 1. The van der Waals surface area contributed by atoms with Gasteiger partial charge in [0.2, 0.25) is 0 Å². The molecule has 4 atom stereocenters. The van der Waals surface area contributed by atoms with Crippen molar-refractivity contribution in [1.82, 2.24) is 0 Å². The Morgan fingerprint density at radius 1 is 1.00 bits per heavy atom. The summed E-state index contributed by atoms with van der Waals surface area (Å²) in [5.41, 5.74) is 5.74. The lowest BCUT2D eigenvalue weighted by atomic mass is 9.62. The van der Waals surface area contributed by atoms with Crippen LogP contribution in [0.5, 0.6) is 0 Å². The molecule has 2 nitrogen and oxygen atoms in total.